The zero-order valence-electron chi connectivity index (χ0n) is 31.4. The van der Waals surface area contributed by atoms with Crippen molar-refractivity contribution >= 4 is 17.7 Å². The Morgan fingerprint density at radius 2 is 0.769 bits per heavy atom. The van der Waals surface area contributed by atoms with Crippen LogP contribution in [0.1, 0.15) is 107 Å². The van der Waals surface area contributed by atoms with Crippen LogP contribution in [0.15, 0.2) is 146 Å². The van der Waals surface area contributed by atoms with Crippen LogP contribution < -0.4 is 17.3 Å². The molecule has 6 aromatic rings. The number of hydrogen-bond acceptors (Lipinski definition) is 1. The normalized spacial score (nSPS) is 15.0. The van der Waals surface area contributed by atoms with Gasteiger partial charge in [-0.05, 0) is 36.1 Å². The van der Waals surface area contributed by atoms with E-state index in [1.54, 1.807) is 0 Å². The maximum atomic E-state index is 2.57. The second-order valence-electron chi connectivity index (χ2n) is 14.6. The lowest BCUT2D eigenvalue weighted by atomic mass is 9.83. The van der Waals surface area contributed by atoms with Gasteiger partial charge in [0.1, 0.15) is 24.5 Å². The molecule has 0 saturated heterocycles. The fraction of sp³-hybridized carbons (Fsp3) is 0.245. The van der Waals surface area contributed by atoms with E-state index in [1.807, 2.05) is 0 Å². The topological polar surface area (TPSA) is 6.25 Å². The van der Waals surface area contributed by atoms with Gasteiger partial charge < -0.3 is 12.4 Å². The van der Waals surface area contributed by atoms with Gasteiger partial charge in [0.15, 0.2) is 0 Å². The van der Waals surface area contributed by atoms with Gasteiger partial charge in [-0.1, -0.05) is 184 Å². The van der Waals surface area contributed by atoms with E-state index in [9.17, 15) is 0 Å². The minimum Gasteiger partial charge on any atom is -1.00 e. The molecule has 3 heteroatoms. The largest absolute Gasteiger partial charge is 1.00 e. The van der Waals surface area contributed by atoms with Crippen molar-refractivity contribution in [2.75, 3.05) is 18.0 Å². The monoisotopic (exact) mass is 702 g/mol. The highest BCUT2D eigenvalue weighted by molar-refractivity contribution is 5.84. The maximum Gasteiger partial charge on any atom is 0.244 e. The van der Waals surface area contributed by atoms with Crippen molar-refractivity contribution in [1.29, 1.82) is 0 Å². The van der Waals surface area contributed by atoms with E-state index >= 15 is 0 Å². The molecule has 1 aliphatic heterocycles. The van der Waals surface area contributed by atoms with E-state index in [1.165, 1.54) is 67.0 Å². The van der Waals surface area contributed by atoms with Gasteiger partial charge in [-0.25, -0.2) is 9.48 Å². The minimum absolute atomic E-state index is 0. The molecule has 4 atom stereocenters. The van der Waals surface area contributed by atoms with Crippen LogP contribution in [0.5, 0.6) is 0 Å². The number of hydrogen-bond donors (Lipinski definition) is 0. The highest BCUT2D eigenvalue weighted by Gasteiger charge is 2.34. The second-order valence-corrected chi connectivity index (χ2v) is 14.6. The molecule has 0 fully saturated rings. The number of nitrogens with zero attached hydrogens (tertiary/aromatic N) is 2. The Balaban J connectivity index is 0.00000464. The highest BCUT2D eigenvalue weighted by atomic mass is 35.5. The molecule has 1 heterocycles. The molecular weight excluding hydrogens is 652 g/mol. The van der Waals surface area contributed by atoms with E-state index in [2.05, 4.69) is 203 Å². The van der Waals surface area contributed by atoms with Gasteiger partial charge in [0.2, 0.25) is 6.34 Å². The van der Waals surface area contributed by atoms with E-state index < -0.39 is 0 Å². The molecule has 1 aliphatic rings. The standard InChI is InChI=1S/C49H51N2.ClH/c1-34-29-44(36(3)40-19-11-7-12-20-40)48(45(30-34)37(4)41-21-13-8-14-22-41)50-27-28-51(33-50)49-46(38(5)42-23-15-9-16-24-42)31-35(2)32-47(49)39(6)43-25-17-10-18-26-43;/h7-26,29-33,36-39H,27-28H2,1-6H3;1H/q+1;/p-1/t36-,37-,38-,39-;/m1./s1. The van der Waals surface area contributed by atoms with Gasteiger partial charge in [0.05, 0.1) is 0 Å². The molecule has 0 N–H and O–H groups in total. The minimum atomic E-state index is 0. The van der Waals surface area contributed by atoms with Gasteiger partial charge in [-0.2, -0.15) is 0 Å². The van der Waals surface area contributed by atoms with Crippen molar-refractivity contribution in [2.24, 2.45) is 0 Å². The van der Waals surface area contributed by atoms with Gasteiger partial charge in [0.25, 0.3) is 0 Å². The zero-order valence-corrected chi connectivity index (χ0v) is 32.2. The molecule has 0 unspecified atom stereocenters. The van der Waals surface area contributed by atoms with Crippen molar-refractivity contribution in [1.82, 2.24) is 0 Å². The first-order valence-corrected chi connectivity index (χ1v) is 18.7. The number of halogens is 1. The van der Waals surface area contributed by atoms with Crippen molar-refractivity contribution in [3.8, 4) is 0 Å². The summed E-state index contributed by atoms with van der Waals surface area (Å²) in [5.74, 6) is 0.970. The third-order valence-corrected chi connectivity index (χ3v) is 11.1. The van der Waals surface area contributed by atoms with Crippen molar-refractivity contribution in [3.05, 3.63) is 201 Å². The molecule has 7 rings (SSSR count). The summed E-state index contributed by atoms with van der Waals surface area (Å²) in [4.78, 5) is 2.57. The summed E-state index contributed by atoms with van der Waals surface area (Å²) < 4.78 is 2.57. The number of aryl methyl sites for hydroxylation is 2. The van der Waals surface area contributed by atoms with E-state index in [-0.39, 0.29) is 36.1 Å². The van der Waals surface area contributed by atoms with Crippen molar-refractivity contribution in [2.45, 2.75) is 65.2 Å². The van der Waals surface area contributed by atoms with E-state index in [4.69, 9.17) is 0 Å². The molecule has 0 aliphatic carbocycles. The van der Waals surface area contributed by atoms with Gasteiger partial charge in [-0.3, -0.25) is 0 Å². The Bertz CT molecular complexity index is 1990. The molecule has 0 bridgehead atoms. The average Bonchev–Trinajstić information content (AvgIpc) is 3.66. The highest BCUT2D eigenvalue weighted by Crippen LogP contribution is 2.44. The summed E-state index contributed by atoms with van der Waals surface area (Å²) >= 11 is 0. The van der Waals surface area contributed by atoms with Crippen LogP contribution >= 0.6 is 0 Å². The van der Waals surface area contributed by atoms with Crippen LogP contribution in [-0.4, -0.2) is 24.0 Å². The van der Waals surface area contributed by atoms with Gasteiger partial charge in [0, 0.05) is 45.9 Å². The molecule has 0 spiro atoms. The summed E-state index contributed by atoms with van der Waals surface area (Å²) in [6, 6.07) is 53.7. The quantitative estimate of drug-likeness (QED) is 0.129. The number of anilines is 1. The Kier molecular flexibility index (Phi) is 11.5. The molecule has 6 aromatic carbocycles. The SMILES string of the molecule is Cc1cc([C@H](C)c2ccccc2)c(N2C=[N+](c3c([C@H](C)c4ccccc4)cc(C)cc3[C@H](C)c3ccccc3)CC2)c([C@H](C)c2ccccc2)c1.[Cl-]. The molecule has 2 nitrogen and oxygen atoms in total. The summed E-state index contributed by atoms with van der Waals surface area (Å²) in [6.07, 6.45) is 2.43. The summed E-state index contributed by atoms with van der Waals surface area (Å²) in [5.41, 5.74) is 16.2. The lowest BCUT2D eigenvalue weighted by molar-refractivity contribution is -0.425. The third kappa shape index (κ3) is 7.50. The lowest BCUT2D eigenvalue weighted by Gasteiger charge is -2.25. The molecule has 0 saturated carbocycles. The summed E-state index contributed by atoms with van der Waals surface area (Å²) in [6.45, 7) is 15.8. The third-order valence-electron chi connectivity index (χ3n) is 11.1. The number of rotatable bonds is 10. The maximum absolute atomic E-state index is 2.57. The first-order valence-electron chi connectivity index (χ1n) is 18.7. The number of benzene rings is 6. The fourth-order valence-electron chi connectivity index (χ4n) is 8.18. The predicted molar refractivity (Wildman–Crippen MR) is 216 cm³/mol. The van der Waals surface area contributed by atoms with Crippen LogP contribution in [0.4, 0.5) is 11.4 Å². The van der Waals surface area contributed by atoms with Crippen LogP contribution in [0.3, 0.4) is 0 Å². The molecule has 264 valence electrons. The van der Waals surface area contributed by atoms with Gasteiger partial charge >= 0.3 is 0 Å². The second kappa shape index (κ2) is 16.2. The van der Waals surface area contributed by atoms with Crippen LogP contribution in [0.25, 0.3) is 0 Å². The first kappa shape index (κ1) is 36.9. The molecule has 0 amide bonds. The van der Waals surface area contributed by atoms with Crippen LogP contribution in [0, 0.1) is 13.8 Å². The Morgan fingerprint density at radius 1 is 0.462 bits per heavy atom. The average molecular weight is 703 g/mol. The Labute approximate surface area is 317 Å². The molecule has 52 heavy (non-hydrogen) atoms. The lowest BCUT2D eigenvalue weighted by Crippen LogP contribution is -3.00. The van der Waals surface area contributed by atoms with Crippen LogP contribution in [-0.2, 0) is 0 Å². The predicted octanol–water partition coefficient (Wildman–Crippen LogP) is 9.11. The van der Waals surface area contributed by atoms with E-state index in [0.29, 0.717) is 0 Å². The first-order chi connectivity index (χ1) is 24.8. The smallest absolute Gasteiger partial charge is 0.244 e. The Morgan fingerprint density at radius 3 is 1.12 bits per heavy atom. The fourth-order valence-corrected chi connectivity index (χ4v) is 8.18. The zero-order chi connectivity index (χ0) is 35.5. The Hall–Kier alpha value is -4.92. The van der Waals surface area contributed by atoms with Crippen molar-refractivity contribution < 1.29 is 17.0 Å². The molecule has 0 radical (unpaired) electrons. The van der Waals surface area contributed by atoms with Crippen LogP contribution in [0.2, 0.25) is 0 Å². The van der Waals surface area contributed by atoms with Crippen molar-refractivity contribution in [3.63, 3.8) is 0 Å². The molecule has 0 aromatic heterocycles. The van der Waals surface area contributed by atoms with E-state index in [0.717, 1.165) is 13.1 Å². The summed E-state index contributed by atoms with van der Waals surface area (Å²) in [5, 5.41) is 0. The summed E-state index contributed by atoms with van der Waals surface area (Å²) in [7, 11) is 0. The molecular formula is C49H51ClN2. The van der Waals surface area contributed by atoms with Gasteiger partial charge in [-0.15, -0.1) is 0 Å².